The Morgan fingerprint density at radius 3 is 2.89 bits per heavy atom. The van der Waals surface area contributed by atoms with Gasteiger partial charge in [0.1, 0.15) is 0 Å². The van der Waals surface area contributed by atoms with Gasteiger partial charge >= 0.3 is 0 Å². The zero-order valence-electron chi connectivity index (χ0n) is 10.4. The van der Waals surface area contributed by atoms with Gasteiger partial charge < -0.3 is 15.4 Å². The molecule has 100 valence electrons. The van der Waals surface area contributed by atoms with Crippen LogP contribution in [0.2, 0.25) is 0 Å². The van der Waals surface area contributed by atoms with Crippen LogP contribution in [0, 0.1) is 5.92 Å². The number of halogens is 1. The molecule has 1 aromatic carbocycles. The average molecular weight is 271 g/mol. The number of rotatable bonds is 4. The monoisotopic (exact) mass is 270 g/mol. The third kappa shape index (κ3) is 3.70. The van der Waals surface area contributed by atoms with E-state index in [1.807, 2.05) is 31.3 Å². The Balaban J connectivity index is 0.00000162. The predicted molar refractivity (Wildman–Crippen MR) is 74.0 cm³/mol. The summed E-state index contributed by atoms with van der Waals surface area (Å²) in [5.41, 5.74) is 1.99. The summed E-state index contributed by atoms with van der Waals surface area (Å²) in [5.74, 6) is 0.0590. The van der Waals surface area contributed by atoms with Gasteiger partial charge in [-0.3, -0.25) is 4.79 Å². The SMILES string of the molecule is CNCc1ccccc1NC(=O)C1CCOC1.Cl. The van der Waals surface area contributed by atoms with E-state index in [1.165, 1.54) is 0 Å². The van der Waals surface area contributed by atoms with Crippen LogP contribution in [-0.2, 0) is 16.1 Å². The van der Waals surface area contributed by atoms with Crippen LogP contribution in [0.15, 0.2) is 24.3 Å². The molecule has 1 saturated heterocycles. The van der Waals surface area contributed by atoms with E-state index in [2.05, 4.69) is 10.6 Å². The molecule has 1 fully saturated rings. The van der Waals surface area contributed by atoms with Gasteiger partial charge in [-0.2, -0.15) is 0 Å². The Morgan fingerprint density at radius 1 is 1.44 bits per heavy atom. The van der Waals surface area contributed by atoms with Crippen LogP contribution in [0.1, 0.15) is 12.0 Å². The first-order valence-corrected chi connectivity index (χ1v) is 5.92. The van der Waals surface area contributed by atoms with E-state index < -0.39 is 0 Å². The molecule has 18 heavy (non-hydrogen) atoms. The lowest BCUT2D eigenvalue weighted by molar-refractivity contribution is -0.119. The van der Waals surface area contributed by atoms with E-state index in [-0.39, 0.29) is 24.2 Å². The van der Waals surface area contributed by atoms with Crippen molar-refractivity contribution in [1.29, 1.82) is 0 Å². The van der Waals surface area contributed by atoms with Gasteiger partial charge in [0.15, 0.2) is 0 Å². The molecule has 2 N–H and O–H groups in total. The maximum atomic E-state index is 12.0. The lowest BCUT2D eigenvalue weighted by Crippen LogP contribution is -2.23. The summed E-state index contributed by atoms with van der Waals surface area (Å²) in [6.07, 6.45) is 0.819. The molecular formula is C13H19ClN2O2. The minimum atomic E-state index is -0.00218. The first-order valence-electron chi connectivity index (χ1n) is 5.92. The molecule has 1 atom stereocenters. The maximum absolute atomic E-state index is 12.0. The molecule has 0 aliphatic carbocycles. The third-order valence-corrected chi connectivity index (χ3v) is 2.94. The van der Waals surface area contributed by atoms with E-state index in [9.17, 15) is 4.79 Å². The highest BCUT2D eigenvalue weighted by Crippen LogP contribution is 2.19. The van der Waals surface area contributed by atoms with Crippen molar-refractivity contribution in [3.05, 3.63) is 29.8 Å². The van der Waals surface area contributed by atoms with E-state index in [0.717, 1.165) is 24.2 Å². The van der Waals surface area contributed by atoms with Gasteiger partial charge in [-0.15, -0.1) is 12.4 Å². The number of nitrogens with one attached hydrogen (secondary N) is 2. The van der Waals surface area contributed by atoms with Crippen LogP contribution in [0.4, 0.5) is 5.69 Å². The van der Waals surface area contributed by atoms with Crippen molar-refractivity contribution in [2.45, 2.75) is 13.0 Å². The number of anilines is 1. The van der Waals surface area contributed by atoms with Crippen LogP contribution in [0.3, 0.4) is 0 Å². The molecule has 1 aliphatic heterocycles. The summed E-state index contributed by atoms with van der Waals surface area (Å²) < 4.78 is 5.22. The Morgan fingerprint density at radius 2 is 2.22 bits per heavy atom. The fourth-order valence-corrected chi connectivity index (χ4v) is 1.96. The number of carbonyl (C=O) groups excluding carboxylic acids is 1. The first-order chi connectivity index (χ1) is 8.31. The number of benzene rings is 1. The molecule has 0 bridgehead atoms. The van der Waals surface area contributed by atoms with E-state index in [1.54, 1.807) is 0 Å². The van der Waals surface area contributed by atoms with Gasteiger partial charge in [-0.25, -0.2) is 0 Å². The third-order valence-electron chi connectivity index (χ3n) is 2.94. The van der Waals surface area contributed by atoms with Gasteiger partial charge in [0, 0.05) is 18.8 Å². The lowest BCUT2D eigenvalue weighted by Gasteiger charge is -2.13. The molecule has 0 saturated carbocycles. The molecular weight excluding hydrogens is 252 g/mol. The molecule has 1 aliphatic rings. The van der Waals surface area contributed by atoms with Gasteiger partial charge in [-0.05, 0) is 25.1 Å². The number of hydrogen-bond acceptors (Lipinski definition) is 3. The highest BCUT2D eigenvalue weighted by molar-refractivity contribution is 5.93. The molecule has 5 heteroatoms. The van der Waals surface area contributed by atoms with Crippen LogP contribution in [0.5, 0.6) is 0 Å². The largest absolute Gasteiger partial charge is 0.381 e. The quantitative estimate of drug-likeness (QED) is 0.877. The van der Waals surface area contributed by atoms with E-state index in [0.29, 0.717) is 13.2 Å². The molecule has 4 nitrogen and oxygen atoms in total. The van der Waals surface area contributed by atoms with Gasteiger partial charge in [0.25, 0.3) is 0 Å². The molecule has 0 radical (unpaired) electrons. The summed E-state index contributed by atoms with van der Waals surface area (Å²) in [6, 6.07) is 7.85. The van der Waals surface area contributed by atoms with Gasteiger partial charge in [0.2, 0.25) is 5.91 Å². The molecule has 1 aromatic rings. The van der Waals surface area contributed by atoms with E-state index >= 15 is 0 Å². The number of amides is 1. The zero-order valence-corrected chi connectivity index (χ0v) is 11.3. The number of ether oxygens (including phenoxy) is 1. The summed E-state index contributed by atoms with van der Waals surface area (Å²) >= 11 is 0. The summed E-state index contributed by atoms with van der Waals surface area (Å²) in [5, 5.41) is 6.07. The first kappa shape index (κ1) is 15.0. The molecule has 0 aromatic heterocycles. The smallest absolute Gasteiger partial charge is 0.229 e. The predicted octanol–water partition coefficient (Wildman–Crippen LogP) is 1.80. The second-order valence-corrected chi connectivity index (χ2v) is 4.24. The van der Waals surface area contributed by atoms with Crippen LogP contribution in [-0.4, -0.2) is 26.2 Å². The second kappa shape index (κ2) is 7.36. The topological polar surface area (TPSA) is 50.4 Å². The van der Waals surface area contributed by atoms with Crippen molar-refractivity contribution in [3.63, 3.8) is 0 Å². The molecule has 1 amide bonds. The normalized spacial score (nSPS) is 18.2. The van der Waals surface area contributed by atoms with Crippen molar-refractivity contribution in [1.82, 2.24) is 5.32 Å². The van der Waals surface area contributed by atoms with Crippen molar-refractivity contribution < 1.29 is 9.53 Å². The van der Waals surface area contributed by atoms with Crippen molar-refractivity contribution in [3.8, 4) is 0 Å². The van der Waals surface area contributed by atoms with Crippen LogP contribution < -0.4 is 10.6 Å². The van der Waals surface area contributed by atoms with Crippen molar-refractivity contribution >= 4 is 24.0 Å². The summed E-state index contributed by atoms with van der Waals surface area (Å²) in [6.45, 7) is 1.98. The molecule has 2 rings (SSSR count). The van der Waals surface area contributed by atoms with Gasteiger partial charge in [0.05, 0.1) is 12.5 Å². The fraction of sp³-hybridized carbons (Fsp3) is 0.462. The van der Waals surface area contributed by atoms with Gasteiger partial charge in [-0.1, -0.05) is 18.2 Å². The highest BCUT2D eigenvalue weighted by Gasteiger charge is 2.23. The Hall–Kier alpha value is -1.10. The standard InChI is InChI=1S/C13H18N2O2.ClH/c1-14-8-10-4-2-3-5-12(10)15-13(16)11-6-7-17-9-11;/h2-5,11,14H,6-9H2,1H3,(H,15,16);1H. The van der Waals surface area contributed by atoms with Crippen LogP contribution >= 0.6 is 12.4 Å². The molecule has 1 heterocycles. The summed E-state index contributed by atoms with van der Waals surface area (Å²) in [7, 11) is 1.89. The van der Waals surface area contributed by atoms with Crippen LogP contribution in [0.25, 0.3) is 0 Å². The fourth-order valence-electron chi connectivity index (χ4n) is 1.96. The number of carbonyl (C=O) groups is 1. The second-order valence-electron chi connectivity index (χ2n) is 4.24. The Kier molecular flexibility index (Phi) is 6.12. The van der Waals surface area contributed by atoms with Crippen molar-refractivity contribution in [2.24, 2.45) is 5.92 Å². The number of hydrogen-bond donors (Lipinski definition) is 2. The minimum Gasteiger partial charge on any atom is -0.381 e. The lowest BCUT2D eigenvalue weighted by atomic mass is 10.1. The average Bonchev–Trinajstić information content (AvgIpc) is 2.85. The minimum absolute atomic E-state index is 0. The Bertz CT molecular complexity index is 392. The maximum Gasteiger partial charge on any atom is 0.229 e. The molecule has 0 spiro atoms. The highest BCUT2D eigenvalue weighted by atomic mass is 35.5. The zero-order chi connectivity index (χ0) is 12.1. The molecule has 1 unspecified atom stereocenters. The Labute approximate surface area is 114 Å². The van der Waals surface area contributed by atoms with E-state index in [4.69, 9.17) is 4.74 Å². The summed E-state index contributed by atoms with van der Waals surface area (Å²) in [4.78, 5) is 12.0. The number of para-hydroxylation sites is 1. The van der Waals surface area contributed by atoms with Crippen molar-refractivity contribution in [2.75, 3.05) is 25.6 Å².